The average molecular weight is 372 g/mol. The lowest BCUT2D eigenvalue weighted by atomic mass is 10.1. The van der Waals surface area contributed by atoms with Gasteiger partial charge in [0.25, 0.3) is 0 Å². The molecule has 0 aliphatic carbocycles. The predicted molar refractivity (Wildman–Crippen MR) is 104 cm³/mol. The number of halogens is 1. The maximum Gasteiger partial charge on any atom is 0.184 e. The number of nitrogens with zero attached hydrogens (tertiary/aromatic N) is 2. The number of aryl methyl sites for hydroxylation is 1. The van der Waals surface area contributed by atoms with Crippen molar-refractivity contribution in [1.29, 1.82) is 0 Å². The summed E-state index contributed by atoms with van der Waals surface area (Å²) in [6.07, 6.45) is 0. The second kappa shape index (κ2) is 6.51. The standard InChI is InChI=1S/C18H14ClN3S2/c1-11-4-2-3-5-14(11)17-21-13(10-23-17)9-20-18-22-15-7-6-12(19)8-16(15)24-18/h2-8,10H,9H2,1H3,(H,20,22). The molecular weight excluding hydrogens is 358 g/mol. The summed E-state index contributed by atoms with van der Waals surface area (Å²) in [5, 5.41) is 8.13. The molecule has 2 heterocycles. The molecule has 3 nitrogen and oxygen atoms in total. The second-order valence-corrected chi connectivity index (χ2v) is 7.77. The van der Waals surface area contributed by atoms with Crippen molar-refractivity contribution in [2.45, 2.75) is 13.5 Å². The van der Waals surface area contributed by atoms with Gasteiger partial charge in [0.15, 0.2) is 5.13 Å². The number of rotatable bonds is 4. The molecule has 0 saturated carbocycles. The van der Waals surface area contributed by atoms with E-state index in [9.17, 15) is 0 Å². The van der Waals surface area contributed by atoms with Crippen LogP contribution >= 0.6 is 34.3 Å². The van der Waals surface area contributed by atoms with Gasteiger partial charge in [-0.25, -0.2) is 9.97 Å². The van der Waals surface area contributed by atoms with E-state index in [-0.39, 0.29) is 0 Å². The number of aromatic nitrogens is 2. The third-order valence-corrected chi connectivity index (χ3v) is 5.83. The van der Waals surface area contributed by atoms with E-state index in [4.69, 9.17) is 16.6 Å². The molecule has 4 aromatic rings. The summed E-state index contributed by atoms with van der Waals surface area (Å²) >= 11 is 9.30. The highest BCUT2D eigenvalue weighted by molar-refractivity contribution is 7.22. The van der Waals surface area contributed by atoms with Gasteiger partial charge in [0.1, 0.15) is 5.01 Å². The first kappa shape index (κ1) is 15.6. The number of hydrogen-bond acceptors (Lipinski definition) is 5. The van der Waals surface area contributed by atoms with Gasteiger partial charge in [-0.1, -0.05) is 47.2 Å². The Morgan fingerprint density at radius 2 is 2.00 bits per heavy atom. The van der Waals surface area contributed by atoms with Crippen molar-refractivity contribution in [2.75, 3.05) is 5.32 Å². The summed E-state index contributed by atoms with van der Waals surface area (Å²) in [6.45, 7) is 2.77. The highest BCUT2D eigenvalue weighted by Crippen LogP contribution is 2.30. The van der Waals surface area contributed by atoms with Crippen LogP contribution in [-0.2, 0) is 6.54 Å². The molecule has 0 spiro atoms. The van der Waals surface area contributed by atoms with Gasteiger partial charge in [-0.05, 0) is 30.7 Å². The van der Waals surface area contributed by atoms with Crippen LogP contribution in [-0.4, -0.2) is 9.97 Å². The van der Waals surface area contributed by atoms with Gasteiger partial charge in [-0.2, -0.15) is 0 Å². The Balaban J connectivity index is 1.50. The van der Waals surface area contributed by atoms with Crippen molar-refractivity contribution >= 4 is 49.6 Å². The van der Waals surface area contributed by atoms with Crippen LogP contribution in [0.1, 0.15) is 11.3 Å². The molecule has 0 amide bonds. The number of benzene rings is 2. The maximum atomic E-state index is 6.02. The van der Waals surface area contributed by atoms with Gasteiger partial charge in [-0.3, -0.25) is 0 Å². The van der Waals surface area contributed by atoms with Crippen LogP contribution in [0.3, 0.4) is 0 Å². The molecule has 0 bridgehead atoms. The first-order valence-corrected chi connectivity index (χ1v) is 9.57. The lowest BCUT2D eigenvalue weighted by molar-refractivity contribution is 1.07. The number of fused-ring (bicyclic) bond motifs is 1. The molecular formula is C18H14ClN3S2. The minimum Gasteiger partial charge on any atom is -0.356 e. The molecule has 2 aromatic heterocycles. The van der Waals surface area contributed by atoms with E-state index in [0.717, 1.165) is 31.1 Å². The van der Waals surface area contributed by atoms with E-state index < -0.39 is 0 Å². The van der Waals surface area contributed by atoms with Gasteiger partial charge < -0.3 is 5.32 Å². The number of thiazole rings is 2. The fourth-order valence-corrected chi connectivity index (χ4v) is 4.51. The lowest BCUT2D eigenvalue weighted by Gasteiger charge is -2.01. The Hall–Kier alpha value is -1.95. The largest absolute Gasteiger partial charge is 0.356 e. The molecule has 1 N–H and O–H groups in total. The number of hydrogen-bond donors (Lipinski definition) is 1. The third kappa shape index (κ3) is 3.15. The van der Waals surface area contributed by atoms with E-state index in [1.54, 1.807) is 22.7 Å². The molecule has 0 aliphatic rings. The quantitative estimate of drug-likeness (QED) is 0.478. The fraction of sp³-hybridized carbons (Fsp3) is 0.111. The van der Waals surface area contributed by atoms with Crippen LogP contribution in [0, 0.1) is 6.92 Å². The van der Waals surface area contributed by atoms with Crippen LogP contribution in [0.2, 0.25) is 5.02 Å². The average Bonchev–Trinajstić information content (AvgIpc) is 3.19. The van der Waals surface area contributed by atoms with E-state index in [2.05, 4.69) is 34.7 Å². The second-order valence-electron chi connectivity index (χ2n) is 5.44. The molecule has 4 rings (SSSR count). The predicted octanol–water partition coefficient (Wildman–Crippen LogP) is 5.99. The summed E-state index contributed by atoms with van der Waals surface area (Å²) in [6, 6.07) is 14.1. The molecule has 24 heavy (non-hydrogen) atoms. The first-order chi connectivity index (χ1) is 11.7. The Morgan fingerprint density at radius 1 is 1.12 bits per heavy atom. The summed E-state index contributed by atoms with van der Waals surface area (Å²) in [5.74, 6) is 0. The maximum absolute atomic E-state index is 6.02. The van der Waals surface area contributed by atoms with Gasteiger partial charge >= 0.3 is 0 Å². The van der Waals surface area contributed by atoms with Crippen molar-refractivity contribution in [3.8, 4) is 10.6 Å². The minimum absolute atomic E-state index is 0.663. The Bertz CT molecular complexity index is 1010. The van der Waals surface area contributed by atoms with Crippen LogP contribution in [0.25, 0.3) is 20.8 Å². The van der Waals surface area contributed by atoms with Gasteiger partial charge in [0, 0.05) is 16.0 Å². The fourth-order valence-electron chi connectivity index (χ4n) is 2.46. The van der Waals surface area contributed by atoms with Gasteiger partial charge in [0.05, 0.1) is 22.5 Å². The summed E-state index contributed by atoms with van der Waals surface area (Å²) in [5.41, 5.74) is 4.43. The topological polar surface area (TPSA) is 37.8 Å². The molecule has 0 radical (unpaired) electrons. The van der Waals surface area contributed by atoms with E-state index in [1.807, 2.05) is 30.3 Å². The molecule has 0 saturated heterocycles. The zero-order valence-electron chi connectivity index (χ0n) is 12.9. The molecule has 0 fully saturated rings. The Labute approximate surface area is 153 Å². The molecule has 6 heteroatoms. The Kier molecular flexibility index (Phi) is 4.22. The van der Waals surface area contributed by atoms with E-state index in [0.29, 0.717) is 6.54 Å². The van der Waals surface area contributed by atoms with Gasteiger partial charge in [-0.15, -0.1) is 11.3 Å². The van der Waals surface area contributed by atoms with Crippen molar-refractivity contribution in [3.05, 3.63) is 64.1 Å². The van der Waals surface area contributed by atoms with Crippen molar-refractivity contribution in [2.24, 2.45) is 0 Å². The summed E-state index contributed by atoms with van der Waals surface area (Å²) in [7, 11) is 0. The monoisotopic (exact) mass is 371 g/mol. The molecule has 2 aromatic carbocycles. The highest BCUT2D eigenvalue weighted by Gasteiger charge is 2.08. The third-order valence-electron chi connectivity index (χ3n) is 3.70. The molecule has 120 valence electrons. The van der Waals surface area contributed by atoms with Crippen molar-refractivity contribution < 1.29 is 0 Å². The smallest absolute Gasteiger partial charge is 0.184 e. The zero-order chi connectivity index (χ0) is 16.5. The molecule has 0 aliphatic heterocycles. The SMILES string of the molecule is Cc1ccccc1-c1nc(CNc2nc3ccc(Cl)cc3s2)cs1. The van der Waals surface area contributed by atoms with Crippen molar-refractivity contribution in [3.63, 3.8) is 0 Å². The minimum atomic E-state index is 0.663. The normalized spacial score (nSPS) is 11.1. The van der Waals surface area contributed by atoms with Crippen LogP contribution < -0.4 is 5.32 Å². The first-order valence-electron chi connectivity index (χ1n) is 7.49. The van der Waals surface area contributed by atoms with Crippen LogP contribution in [0.4, 0.5) is 5.13 Å². The van der Waals surface area contributed by atoms with E-state index in [1.165, 1.54) is 11.1 Å². The highest BCUT2D eigenvalue weighted by atomic mass is 35.5. The van der Waals surface area contributed by atoms with Crippen LogP contribution in [0.5, 0.6) is 0 Å². The summed E-state index contributed by atoms with van der Waals surface area (Å²) < 4.78 is 1.09. The number of anilines is 1. The number of nitrogens with one attached hydrogen (secondary N) is 1. The molecule has 0 unspecified atom stereocenters. The lowest BCUT2D eigenvalue weighted by Crippen LogP contribution is -1.99. The zero-order valence-corrected chi connectivity index (χ0v) is 15.3. The van der Waals surface area contributed by atoms with Crippen LogP contribution in [0.15, 0.2) is 47.8 Å². The van der Waals surface area contributed by atoms with E-state index >= 15 is 0 Å². The Morgan fingerprint density at radius 3 is 2.88 bits per heavy atom. The molecule has 0 atom stereocenters. The van der Waals surface area contributed by atoms with Crippen molar-refractivity contribution in [1.82, 2.24) is 9.97 Å². The summed E-state index contributed by atoms with van der Waals surface area (Å²) in [4.78, 5) is 9.31. The van der Waals surface area contributed by atoms with Gasteiger partial charge in [0.2, 0.25) is 0 Å².